The molecule has 1 fully saturated rings. The summed E-state index contributed by atoms with van der Waals surface area (Å²) in [5.41, 5.74) is 3.52. The van der Waals surface area contributed by atoms with Crippen LogP contribution in [0.3, 0.4) is 0 Å². The van der Waals surface area contributed by atoms with Gasteiger partial charge in [-0.15, -0.1) is 0 Å². The Morgan fingerprint density at radius 1 is 1.00 bits per heavy atom. The van der Waals surface area contributed by atoms with Gasteiger partial charge in [0.15, 0.2) is 0 Å². The van der Waals surface area contributed by atoms with Gasteiger partial charge in [-0.3, -0.25) is 10.4 Å². The molecule has 0 unspecified atom stereocenters. The average Bonchev–Trinajstić information content (AvgIpc) is 2.60. The predicted octanol–water partition coefficient (Wildman–Crippen LogP) is 5.79. The quantitative estimate of drug-likeness (QED) is 0.651. The van der Waals surface area contributed by atoms with E-state index in [2.05, 4.69) is 41.8 Å². The zero-order chi connectivity index (χ0) is 16.9. The molecule has 0 spiro atoms. The molecule has 2 aliphatic rings. The van der Waals surface area contributed by atoms with Crippen molar-refractivity contribution in [1.82, 2.24) is 5.43 Å². The van der Waals surface area contributed by atoms with Gasteiger partial charge in [-0.1, -0.05) is 62.8 Å². The summed E-state index contributed by atoms with van der Waals surface area (Å²) in [4.78, 5) is 4.99. The lowest BCUT2D eigenvalue weighted by Gasteiger charge is -2.37. The summed E-state index contributed by atoms with van der Waals surface area (Å²) in [7, 11) is 0. The number of nitrogens with one attached hydrogen (secondary N) is 1. The van der Waals surface area contributed by atoms with Crippen LogP contribution in [-0.2, 0) is 0 Å². The van der Waals surface area contributed by atoms with Gasteiger partial charge in [-0.2, -0.15) is 5.10 Å². The van der Waals surface area contributed by atoms with Gasteiger partial charge in [0.25, 0.3) is 0 Å². The van der Waals surface area contributed by atoms with Gasteiger partial charge >= 0.3 is 0 Å². The second-order valence-electron chi connectivity index (χ2n) is 7.21. The summed E-state index contributed by atoms with van der Waals surface area (Å²) in [5, 5.41) is 4.51. The molecule has 1 aliphatic carbocycles. The SMILES string of the molecule is C/C=C\C=C/CC1(C2=NCCCCCCC/C=N/N2)CCCCC1. The maximum Gasteiger partial charge on any atom is 0.123 e. The molecular weight excluding hydrogens is 294 g/mol. The molecule has 134 valence electrons. The lowest BCUT2D eigenvalue weighted by molar-refractivity contribution is 0.279. The molecule has 1 heterocycles. The average molecular weight is 330 g/mol. The van der Waals surface area contributed by atoms with E-state index in [1.54, 1.807) is 0 Å². The number of amidine groups is 1. The number of hydrogen-bond donors (Lipinski definition) is 1. The Hall–Kier alpha value is -1.38. The Bertz CT molecular complexity index is 454. The first-order valence-electron chi connectivity index (χ1n) is 9.98. The summed E-state index contributed by atoms with van der Waals surface area (Å²) in [6.07, 6.45) is 25.7. The van der Waals surface area contributed by atoms with Crippen molar-refractivity contribution in [3.63, 3.8) is 0 Å². The third-order valence-electron chi connectivity index (χ3n) is 5.28. The van der Waals surface area contributed by atoms with E-state index in [9.17, 15) is 0 Å². The lowest BCUT2D eigenvalue weighted by Crippen LogP contribution is -2.40. The van der Waals surface area contributed by atoms with E-state index in [4.69, 9.17) is 4.99 Å². The number of rotatable bonds is 4. The Balaban J connectivity index is 2.14. The third-order valence-corrected chi connectivity index (χ3v) is 5.28. The van der Waals surface area contributed by atoms with Crippen molar-refractivity contribution in [2.75, 3.05) is 6.54 Å². The Labute approximate surface area is 148 Å². The predicted molar refractivity (Wildman–Crippen MR) is 106 cm³/mol. The summed E-state index contributed by atoms with van der Waals surface area (Å²) in [6, 6.07) is 0. The number of aliphatic imine (C=N–C) groups is 1. The van der Waals surface area contributed by atoms with Gasteiger partial charge in [0, 0.05) is 18.2 Å². The maximum atomic E-state index is 4.99. The van der Waals surface area contributed by atoms with Crippen molar-refractivity contribution < 1.29 is 0 Å². The van der Waals surface area contributed by atoms with Gasteiger partial charge in [-0.25, -0.2) is 0 Å². The third kappa shape index (κ3) is 6.26. The highest BCUT2D eigenvalue weighted by Gasteiger charge is 2.36. The molecule has 1 aliphatic heterocycles. The van der Waals surface area contributed by atoms with Crippen LogP contribution in [0, 0.1) is 5.41 Å². The second-order valence-corrected chi connectivity index (χ2v) is 7.21. The van der Waals surface area contributed by atoms with Crippen molar-refractivity contribution in [3.8, 4) is 0 Å². The lowest BCUT2D eigenvalue weighted by atomic mass is 9.70. The minimum atomic E-state index is 0.164. The first kappa shape index (κ1) is 19.0. The first-order chi connectivity index (χ1) is 11.9. The van der Waals surface area contributed by atoms with Crippen molar-refractivity contribution in [3.05, 3.63) is 24.3 Å². The molecule has 3 heteroatoms. The number of nitrogens with zero attached hydrogens (tertiary/aromatic N) is 2. The van der Waals surface area contributed by atoms with Crippen LogP contribution in [0.25, 0.3) is 0 Å². The van der Waals surface area contributed by atoms with Crippen molar-refractivity contribution in [2.24, 2.45) is 15.5 Å². The molecule has 0 atom stereocenters. The van der Waals surface area contributed by atoms with Crippen LogP contribution in [0.5, 0.6) is 0 Å². The van der Waals surface area contributed by atoms with Gasteiger partial charge in [0.05, 0.1) is 0 Å². The molecule has 0 radical (unpaired) electrons. The highest BCUT2D eigenvalue weighted by molar-refractivity contribution is 5.88. The fourth-order valence-electron chi connectivity index (χ4n) is 3.81. The van der Waals surface area contributed by atoms with E-state index in [-0.39, 0.29) is 5.41 Å². The smallest absolute Gasteiger partial charge is 0.123 e. The number of hydrogen-bond acceptors (Lipinski definition) is 3. The molecule has 0 amide bonds. The molecule has 0 aromatic rings. The van der Waals surface area contributed by atoms with Crippen LogP contribution < -0.4 is 5.43 Å². The van der Waals surface area contributed by atoms with E-state index in [0.717, 1.165) is 25.2 Å². The van der Waals surface area contributed by atoms with E-state index < -0.39 is 0 Å². The van der Waals surface area contributed by atoms with Crippen LogP contribution >= 0.6 is 0 Å². The molecule has 2 rings (SSSR count). The summed E-state index contributed by atoms with van der Waals surface area (Å²) < 4.78 is 0. The summed E-state index contributed by atoms with van der Waals surface area (Å²) in [5.74, 6) is 1.14. The van der Waals surface area contributed by atoms with Crippen LogP contribution in [0.15, 0.2) is 34.4 Å². The monoisotopic (exact) mass is 329 g/mol. The summed E-state index contributed by atoms with van der Waals surface area (Å²) in [6.45, 7) is 3.01. The van der Waals surface area contributed by atoms with E-state index in [1.807, 2.05) is 6.21 Å². The van der Waals surface area contributed by atoms with Crippen LogP contribution in [-0.4, -0.2) is 18.6 Å². The van der Waals surface area contributed by atoms with Gasteiger partial charge < -0.3 is 0 Å². The Morgan fingerprint density at radius 2 is 1.75 bits per heavy atom. The van der Waals surface area contributed by atoms with Crippen molar-refractivity contribution in [2.45, 2.75) is 84.0 Å². The minimum absolute atomic E-state index is 0.164. The topological polar surface area (TPSA) is 36.8 Å². The van der Waals surface area contributed by atoms with E-state index in [0.29, 0.717) is 0 Å². The normalized spacial score (nSPS) is 24.8. The van der Waals surface area contributed by atoms with E-state index in [1.165, 1.54) is 64.2 Å². The molecule has 0 aromatic heterocycles. The van der Waals surface area contributed by atoms with Gasteiger partial charge in [-0.05, 0) is 45.4 Å². The zero-order valence-corrected chi connectivity index (χ0v) is 15.5. The molecule has 0 aromatic carbocycles. The summed E-state index contributed by atoms with van der Waals surface area (Å²) >= 11 is 0. The highest BCUT2D eigenvalue weighted by Crippen LogP contribution is 2.40. The van der Waals surface area contributed by atoms with Gasteiger partial charge in [0.1, 0.15) is 5.84 Å². The maximum absolute atomic E-state index is 4.99. The van der Waals surface area contributed by atoms with Gasteiger partial charge in [0.2, 0.25) is 0 Å². The molecule has 1 saturated carbocycles. The van der Waals surface area contributed by atoms with Crippen LogP contribution in [0.4, 0.5) is 0 Å². The fraction of sp³-hybridized carbons (Fsp3) is 0.714. The Morgan fingerprint density at radius 3 is 2.58 bits per heavy atom. The highest BCUT2D eigenvalue weighted by atomic mass is 15.3. The van der Waals surface area contributed by atoms with Crippen LogP contribution in [0.2, 0.25) is 0 Å². The fourth-order valence-corrected chi connectivity index (χ4v) is 3.81. The molecule has 1 N–H and O–H groups in total. The van der Waals surface area contributed by atoms with Crippen molar-refractivity contribution in [1.29, 1.82) is 0 Å². The molecular formula is C21H35N3. The standard InChI is InChI=1S/C21H35N3/c1-2-3-4-10-15-21(16-11-9-12-17-21)20-22-18-13-7-5-6-8-14-19-23-24-20/h2-4,10,19H,5-9,11-18H2,1H3,(H,22,24)/b3-2-,10-4-,23-19+. The molecule has 0 bridgehead atoms. The largest absolute Gasteiger partial charge is 0.270 e. The number of allylic oxidation sites excluding steroid dienone is 4. The molecule has 0 saturated heterocycles. The minimum Gasteiger partial charge on any atom is -0.270 e. The second kappa shape index (κ2) is 11.2. The Kier molecular flexibility index (Phi) is 8.86. The molecule has 3 nitrogen and oxygen atoms in total. The molecule has 24 heavy (non-hydrogen) atoms. The number of hydrazone groups is 1. The van der Waals surface area contributed by atoms with E-state index >= 15 is 0 Å². The van der Waals surface area contributed by atoms with Crippen molar-refractivity contribution >= 4 is 12.1 Å². The van der Waals surface area contributed by atoms with Crippen LogP contribution in [0.1, 0.15) is 84.0 Å². The zero-order valence-electron chi connectivity index (χ0n) is 15.5. The first-order valence-corrected chi connectivity index (χ1v) is 9.98.